The van der Waals surface area contributed by atoms with E-state index in [2.05, 4.69) is 10.2 Å². The number of rotatable bonds is 2. The maximum atomic E-state index is 5.85. The van der Waals surface area contributed by atoms with Crippen molar-refractivity contribution in [2.75, 3.05) is 5.73 Å². The number of hydrogen-bond donors (Lipinski definition) is 2. The van der Waals surface area contributed by atoms with E-state index in [-0.39, 0.29) is 0 Å². The number of ether oxygens (including phenoxy) is 1. The van der Waals surface area contributed by atoms with Gasteiger partial charge in [-0.15, -0.1) is 0 Å². The zero-order chi connectivity index (χ0) is 12.5. The van der Waals surface area contributed by atoms with Gasteiger partial charge >= 0.3 is 0 Å². The molecule has 90 valence electrons. The number of aromatic amines is 1. The quantitative estimate of drug-likeness (QED) is 0.675. The Morgan fingerprint density at radius 2 is 2.11 bits per heavy atom. The van der Waals surface area contributed by atoms with Gasteiger partial charge in [-0.25, -0.2) is 0 Å². The fourth-order valence-electron chi connectivity index (χ4n) is 1.95. The predicted octanol–water partition coefficient (Wildman–Crippen LogP) is 3.25. The second-order valence-corrected chi connectivity index (χ2v) is 4.19. The van der Waals surface area contributed by atoms with Crippen LogP contribution in [0.2, 0.25) is 0 Å². The molecule has 0 bridgehead atoms. The molecule has 0 atom stereocenters. The van der Waals surface area contributed by atoms with E-state index in [0.29, 0.717) is 5.69 Å². The zero-order valence-electron chi connectivity index (χ0n) is 9.97. The van der Waals surface area contributed by atoms with Crippen LogP contribution in [0.25, 0.3) is 10.9 Å². The lowest BCUT2D eigenvalue weighted by molar-refractivity contribution is 0.480. The Hall–Kier alpha value is -2.49. The summed E-state index contributed by atoms with van der Waals surface area (Å²) in [7, 11) is 0. The number of nitrogens with two attached hydrogens (primary N) is 1. The molecule has 1 heterocycles. The molecular formula is C14H13N3O. The summed E-state index contributed by atoms with van der Waals surface area (Å²) in [4.78, 5) is 0. The number of H-pyrrole nitrogens is 1. The van der Waals surface area contributed by atoms with E-state index in [4.69, 9.17) is 10.5 Å². The molecular weight excluding hydrogens is 226 g/mol. The third-order valence-electron chi connectivity index (χ3n) is 2.93. The number of fused-ring (bicyclic) bond motifs is 1. The van der Waals surface area contributed by atoms with E-state index in [1.54, 1.807) is 12.3 Å². The Labute approximate surface area is 104 Å². The van der Waals surface area contributed by atoms with E-state index in [9.17, 15) is 0 Å². The normalized spacial score (nSPS) is 10.7. The van der Waals surface area contributed by atoms with E-state index < -0.39 is 0 Å². The van der Waals surface area contributed by atoms with Gasteiger partial charge in [0, 0.05) is 22.7 Å². The number of aryl methyl sites for hydroxylation is 1. The predicted molar refractivity (Wildman–Crippen MR) is 71.8 cm³/mol. The van der Waals surface area contributed by atoms with Crippen molar-refractivity contribution in [3.05, 3.63) is 48.2 Å². The topological polar surface area (TPSA) is 63.9 Å². The van der Waals surface area contributed by atoms with Crippen molar-refractivity contribution in [2.45, 2.75) is 6.92 Å². The summed E-state index contributed by atoms with van der Waals surface area (Å²) in [5, 5.41) is 8.02. The number of hydrogen-bond acceptors (Lipinski definition) is 3. The average molecular weight is 239 g/mol. The van der Waals surface area contributed by atoms with E-state index in [1.807, 2.05) is 37.3 Å². The molecule has 0 aliphatic heterocycles. The molecule has 0 radical (unpaired) electrons. The maximum absolute atomic E-state index is 5.85. The first-order valence-corrected chi connectivity index (χ1v) is 5.70. The summed E-state index contributed by atoms with van der Waals surface area (Å²) in [6.45, 7) is 2.01. The minimum absolute atomic E-state index is 0.689. The van der Waals surface area contributed by atoms with Gasteiger partial charge in [-0.1, -0.05) is 6.07 Å². The Morgan fingerprint density at radius 1 is 1.22 bits per heavy atom. The van der Waals surface area contributed by atoms with Crippen LogP contribution >= 0.6 is 0 Å². The molecule has 3 rings (SSSR count). The van der Waals surface area contributed by atoms with Crippen molar-refractivity contribution < 1.29 is 4.74 Å². The average Bonchev–Trinajstić information content (AvgIpc) is 2.82. The fourth-order valence-corrected chi connectivity index (χ4v) is 1.95. The Bertz CT molecular complexity index is 703. The van der Waals surface area contributed by atoms with Crippen molar-refractivity contribution in [3.8, 4) is 11.5 Å². The van der Waals surface area contributed by atoms with Crippen LogP contribution < -0.4 is 10.5 Å². The third-order valence-corrected chi connectivity index (χ3v) is 2.93. The molecule has 0 fully saturated rings. The van der Waals surface area contributed by atoms with Gasteiger partial charge in [0.25, 0.3) is 0 Å². The van der Waals surface area contributed by atoms with Gasteiger partial charge in [0.2, 0.25) is 0 Å². The van der Waals surface area contributed by atoms with Gasteiger partial charge in [-0.3, -0.25) is 5.10 Å². The molecule has 4 nitrogen and oxygen atoms in total. The zero-order valence-corrected chi connectivity index (χ0v) is 9.97. The smallest absolute Gasteiger partial charge is 0.131 e. The number of benzene rings is 2. The summed E-state index contributed by atoms with van der Waals surface area (Å²) in [5.74, 6) is 1.55. The largest absolute Gasteiger partial charge is 0.457 e. The molecule has 18 heavy (non-hydrogen) atoms. The van der Waals surface area contributed by atoms with Crippen LogP contribution in [0.5, 0.6) is 11.5 Å². The van der Waals surface area contributed by atoms with Crippen LogP contribution in [0.1, 0.15) is 5.56 Å². The Morgan fingerprint density at radius 3 is 2.94 bits per heavy atom. The van der Waals surface area contributed by atoms with Gasteiger partial charge < -0.3 is 10.5 Å². The molecule has 0 aliphatic rings. The molecule has 1 aromatic heterocycles. The molecule has 2 aromatic carbocycles. The lowest BCUT2D eigenvalue weighted by Crippen LogP contribution is -1.90. The minimum Gasteiger partial charge on any atom is -0.457 e. The fraction of sp³-hybridized carbons (Fsp3) is 0.0714. The summed E-state index contributed by atoms with van der Waals surface area (Å²) >= 11 is 0. The molecule has 0 aliphatic carbocycles. The molecule has 0 spiro atoms. The minimum atomic E-state index is 0.689. The number of aromatic nitrogens is 2. The van der Waals surface area contributed by atoms with Crippen molar-refractivity contribution in [1.82, 2.24) is 10.2 Å². The van der Waals surface area contributed by atoms with Crippen LogP contribution in [0.3, 0.4) is 0 Å². The molecule has 3 aromatic rings. The second kappa shape index (κ2) is 4.07. The Kier molecular flexibility index (Phi) is 2.41. The summed E-state index contributed by atoms with van der Waals surface area (Å²) in [6, 6.07) is 11.3. The first-order chi connectivity index (χ1) is 8.74. The van der Waals surface area contributed by atoms with Gasteiger partial charge in [0.1, 0.15) is 11.5 Å². The highest BCUT2D eigenvalue weighted by molar-refractivity contribution is 5.83. The van der Waals surface area contributed by atoms with Gasteiger partial charge in [0.05, 0.1) is 11.7 Å². The van der Waals surface area contributed by atoms with Crippen LogP contribution in [-0.4, -0.2) is 10.2 Å². The maximum Gasteiger partial charge on any atom is 0.131 e. The van der Waals surface area contributed by atoms with Crippen molar-refractivity contribution in [3.63, 3.8) is 0 Å². The van der Waals surface area contributed by atoms with Crippen LogP contribution in [0.4, 0.5) is 5.69 Å². The van der Waals surface area contributed by atoms with Gasteiger partial charge in [-0.05, 0) is 31.2 Å². The highest BCUT2D eigenvalue weighted by atomic mass is 16.5. The lowest BCUT2D eigenvalue weighted by atomic mass is 10.1. The molecule has 0 amide bonds. The summed E-state index contributed by atoms with van der Waals surface area (Å²) in [5.41, 5.74) is 8.48. The van der Waals surface area contributed by atoms with Crippen molar-refractivity contribution >= 4 is 16.6 Å². The number of anilines is 1. The highest BCUT2D eigenvalue weighted by Crippen LogP contribution is 2.30. The molecule has 0 saturated heterocycles. The standard InChI is InChI=1S/C14H13N3O/c1-9-12-8-16-17-13(12)5-6-14(9)18-11-4-2-3-10(15)7-11/h2-8H,15H2,1H3,(H,16,17). The van der Waals surface area contributed by atoms with Crippen LogP contribution in [0, 0.1) is 6.92 Å². The number of nitrogens with one attached hydrogen (secondary N) is 1. The molecule has 3 N–H and O–H groups in total. The van der Waals surface area contributed by atoms with Crippen LogP contribution in [0.15, 0.2) is 42.6 Å². The SMILES string of the molecule is Cc1c(Oc2cccc(N)c2)ccc2[nH]ncc12. The molecule has 0 saturated carbocycles. The molecule has 0 unspecified atom stereocenters. The molecule has 4 heteroatoms. The van der Waals surface area contributed by atoms with E-state index in [0.717, 1.165) is 28.0 Å². The van der Waals surface area contributed by atoms with Crippen molar-refractivity contribution in [1.29, 1.82) is 0 Å². The van der Waals surface area contributed by atoms with Gasteiger partial charge in [0.15, 0.2) is 0 Å². The summed E-state index contributed by atoms with van der Waals surface area (Å²) < 4.78 is 5.85. The van der Waals surface area contributed by atoms with Gasteiger partial charge in [-0.2, -0.15) is 5.10 Å². The first-order valence-electron chi connectivity index (χ1n) is 5.70. The monoisotopic (exact) mass is 239 g/mol. The van der Waals surface area contributed by atoms with Crippen LogP contribution in [-0.2, 0) is 0 Å². The highest BCUT2D eigenvalue weighted by Gasteiger charge is 2.07. The lowest BCUT2D eigenvalue weighted by Gasteiger charge is -2.09. The second-order valence-electron chi connectivity index (χ2n) is 4.19. The van der Waals surface area contributed by atoms with Crippen molar-refractivity contribution in [2.24, 2.45) is 0 Å². The number of nitrogens with zero attached hydrogens (tertiary/aromatic N) is 1. The third kappa shape index (κ3) is 1.78. The van der Waals surface area contributed by atoms with E-state index in [1.165, 1.54) is 0 Å². The Balaban J connectivity index is 2.02. The number of nitrogen functional groups attached to an aromatic ring is 1. The van der Waals surface area contributed by atoms with E-state index >= 15 is 0 Å². The summed E-state index contributed by atoms with van der Waals surface area (Å²) in [6.07, 6.45) is 1.80. The first kappa shape index (κ1) is 10.7.